The molecule has 0 amide bonds. The first kappa shape index (κ1) is 11.0. The van der Waals surface area contributed by atoms with Gasteiger partial charge in [0.2, 0.25) is 0 Å². The van der Waals surface area contributed by atoms with Crippen molar-refractivity contribution in [1.82, 2.24) is 0 Å². The van der Waals surface area contributed by atoms with E-state index >= 15 is 0 Å². The van der Waals surface area contributed by atoms with Crippen LogP contribution >= 0.6 is 0 Å². The molecule has 0 aliphatic carbocycles. The maximum Gasteiger partial charge on any atom is -0.00373 e. The summed E-state index contributed by atoms with van der Waals surface area (Å²) in [7, 11) is 0. The molecule has 0 aromatic carbocycles. The number of hydrogen-bond donors (Lipinski definition) is 0. The molecule has 0 heterocycles. The molecule has 0 spiro atoms. The van der Waals surface area contributed by atoms with Gasteiger partial charge in [-0.15, -0.1) is 18.9 Å². The third-order valence-electron chi connectivity index (χ3n) is 2.27. The third kappa shape index (κ3) is 2.94. The van der Waals surface area contributed by atoms with Crippen LogP contribution in [0.15, 0.2) is 43.7 Å². The SMILES string of the molecule is C=C=CC(C(C)C=C)C(C)C=C. The van der Waals surface area contributed by atoms with E-state index in [1.54, 1.807) is 0 Å². The smallest absolute Gasteiger partial charge is 0.00373 e. The van der Waals surface area contributed by atoms with E-state index in [0.717, 1.165) is 0 Å². The van der Waals surface area contributed by atoms with Gasteiger partial charge in [-0.25, -0.2) is 0 Å². The molecule has 0 rings (SSSR count). The summed E-state index contributed by atoms with van der Waals surface area (Å²) in [4.78, 5) is 0. The highest BCUT2D eigenvalue weighted by Gasteiger charge is 2.15. The molecule has 0 N–H and O–H groups in total. The second kappa shape index (κ2) is 5.62. The van der Waals surface area contributed by atoms with Gasteiger partial charge in [-0.1, -0.05) is 32.6 Å². The van der Waals surface area contributed by atoms with Crippen LogP contribution in [0.5, 0.6) is 0 Å². The van der Waals surface area contributed by atoms with Crippen molar-refractivity contribution < 1.29 is 0 Å². The van der Waals surface area contributed by atoms with E-state index in [1.807, 2.05) is 18.2 Å². The van der Waals surface area contributed by atoms with Crippen molar-refractivity contribution in [3.8, 4) is 0 Å². The van der Waals surface area contributed by atoms with Gasteiger partial charge in [-0.3, -0.25) is 0 Å². The van der Waals surface area contributed by atoms with E-state index in [4.69, 9.17) is 0 Å². The molecule has 0 heteroatoms. The molecule has 0 radical (unpaired) electrons. The molecule has 2 unspecified atom stereocenters. The number of rotatable bonds is 5. The van der Waals surface area contributed by atoms with Crippen LogP contribution in [0.1, 0.15) is 13.8 Å². The number of allylic oxidation sites excluding steroid dienone is 3. The highest BCUT2D eigenvalue weighted by Crippen LogP contribution is 2.23. The van der Waals surface area contributed by atoms with Gasteiger partial charge in [0.05, 0.1) is 0 Å². The van der Waals surface area contributed by atoms with Crippen LogP contribution in [-0.4, -0.2) is 0 Å². The Labute approximate surface area is 76.0 Å². The summed E-state index contributed by atoms with van der Waals surface area (Å²) in [6.07, 6.45) is 5.91. The minimum Gasteiger partial charge on any atom is -0.133 e. The average Bonchev–Trinajstić information content (AvgIpc) is 2.11. The van der Waals surface area contributed by atoms with E-state index in [2.05, 4.69) is 39.3 Å². The summed E-state index contributed by atoms with van der Waals surface area (Å²) >= 11 is 0. The van der Waals surface area contributed by atoms with Gasteiger partial charge in [0.15, 0.2) is 0 Å². The Morgan fingerprint density at radius 1 is 1.08 bits per heavy atom. The highest BCUT2D eigenvalue weighted by atomic mass is 14.2. The Kier molecular flexibility index (Phi) is 5.16. The van der Waals surface area contributed by atoms with Gasteiger partial charge in [-0.2, -0.15) is 0 Å². The van der Waals surface area contributed by atoms with Crippen molar-refractivity contribution in [1.29, 1.82) is 0 Å². The first-order chi connectivity index (χ1) is 5.67. The molecule has 12 heavy (non-hydrogen) atoms. The Morgan fingerprint density at radius 2 is 1.50 bits per heavy atom. The average molecular weight is 162 g/mol. The summed E-state index contributed by atoms with van der Waals surface area (Å²) in [5.41, 5.74) is 2.83. The van der Waals surface area contributed by atoms with E-state index in [0.29, 0.717) is 17.8 Å². The van der Waals surface area contributed by atoms with Gasteiger partial charge >= 0.3 is 0 Å². The Hall–Kier alpha value is -1.00. The van der Waals surface area contributed by atoms with Crippen molar-refractivity contribution in [3.63, 3.8) is 0 Å². The van der Waals surface area contributed by atoms with Crippen LogP contribution in [0, 0.1) is 17.8 Å². The Bertz CT molecular complexity index is 180. The summed E-state index contributed by atoms with van der Waals surface area (Å²) < 4.78 is 0. The summed E-state index contributed by atoms with van der Waals surface area (Å²) in [5, 5.41) is 0. The zero-order valence-electron chi connectivity index (χ0n) is 8.09. The molecule has 0 nitrogen and oxygen atoms in total. The molecule has 0 aromatic heterocycles. The first-order valence-corrected chi connectivity index (χ1v) is 4.28. The van der Waals surface area contributed by atoms with Crippen LogP contribution in [0.2, 0.25) is 0 Å². The molecular weight excluding hydrogens is 144 g/mol. The molecule has 2 atom stereocenters. The van der Waals surface area contributed by atoms with Crippen molar-refractivity contribution in [2.45, 2.75) is 13.8 Å². The van der Waals surface area contributed by atoms with E-state index in [-0.39, 0.29) is 0 Å². The lowest BCUT2D eigenvalue weighted by molar-refractivity contribution is 0.419. The summed E-state index contributed by atoms with van der Waals surface area (Å²) in [6.45, 7) is 15.4. The van der Waals surface area contributed by atoms with E-state index in [9.17, 15) is 0 Å². The lowest BCUT2D eigenvalue weighted by atomic mass is 9.83. The van der Waals surface area contributed by atoms with Crippen LogP contribution < -0.4 is 0 Å². The topological polar surface area (TPSA) is 0 Å². The maximum absolute atomic E-state index is 3.78. The second-order valence-corrected chi connectivity index (χ2v) is 3.14. The molecule has 0 fully saturated rings. The van der Waals surface area contributed by atoms with Crippen molar-refractivity contribution >= 4 is 0 Å². The maximum atomic E-state index is 3.78. The van der Waals surface area contributed by atoms with Crippen LogP contribution in [0.3, 0.4) is 0 Å². The molecule has 0 bridgehead atoms. The zero-order chi connectivity index (χ0) is 9.56. The summed E-state index contributed by atoms with van der Waals surface area (Å²) in [6, 6.07) is 0. The van der Waals surface area contributed by atoms with Crippen molar-refractivity contribution in [2.24, 2.45) is 17.8 Å². The van der Waals surface area contributed by atoms with E-state index in [1.165, 1.54) is 0 Å². The molecular formula is C12H18. The monoisotopic (exact) mass is 162 g/mol. The fraction of sp³-hybridized carbons (Fsp3) is 0.417. The fourth-order valence-electron chi connectivity index (χ4n) is 1.23. The Morgan fingerprint density at radius 3 is 1.75 bits per heavy atom. The molecule has 0 aromatic rings. The largest absolute Gasteiger partial charge is 0.133 e. The Balaban J connectivity index is 4.51. The minimum absolute atomic E-state index is 0.428. The first-order valence-electron chi connectivity index (χ1n) is 4.28. The van der Waals surface area contributed by atoms with Gasteiger partial charge < -0.3 is 0 Å². The molecule has 0 saturated heterocycles. The van der Waals surface area contributed by atoms with Crippen molar-refractivity contribution in [2.75, 3.05) is 0 Å². The predicted molar refractivity (Wildman–Crippen MR) is 55.9 cm³/mol. The second-order valence-electron chi connectivity index (χ2n) is 3.14. The quantitative estimate of drug-likeness (QED) is 0.428. The van der Waals surface area contributed by atoms with Crippen LogP contribution in [0.4, 0.5) is 0 Å². The predicted octanol–water partition coefficient (Wildman–Crippen LogP) is 3.59. The van der Waals surface area contributed by atoms with Gasteiger partial charge in [0, 0.05) is 0 Å². The summed E-state index contributed by atoms with van der Waals surface area (Å²) in [5.74, 6) is 1.33. The minimum atomic E-state index is 0.428. The fourth-order valence-corrected chi connectivity index (χ4v) is 1.23. The normalized spacial score (nSPS) is 16.8. The van der Waals surface area contributed by atoms with E-state index < -0.39 is 0 Å². The molecule has 0 aliphatic heterocycles. The van der Waals surface area contributed by atoms with Crippen LogP contribution in [0.25, 0.3) is 0 Å². The highest BCUT2D eigenvalue weighted by molar-refractivity contribution is 4.99. The van der Waals surface area contributed by atoms with Crippen molar-refractivity contribution in [3.05, 3.63) is 43.7 Å². The molecule has 0 saturated carbocycles. The van der Waals surface area contributed by atoms with Gasteiger partial charge in [0.25, 0.3) is 0 Å². The lowest BCUT2D eigenvalue weighted by Gasteiger charge is -2.21. The lowest BCUT2D eigenvalue weighted by Crippen LogP contribution is -2.13. The van der Waals surface area contributed by atoms with Crippen LogP contribution in [-0.2, 0) is 0 Å². The molecule has 66 valence electrons. The van der Waals surface area contributed by atoms with Gasteiger partial charge in [0.1, 0.15) is 0 Å². The third-order valence-corrected chi connectivity index (χ3v) is 2.27. The standard InChI is InChI=1S/C12H18/c1-6-9-12(10(4)7-2)11(5)8-3/h7-12H,1-3H2,4-5H3. The zero-order valence-corrected chi connectivity index (χ0v) is 8.09. The number of hydrogen-bond acceptors (Lipinski definition) is 0. The molecule has 0 aliphatic rings. The van der Waals surface area contributed by atoms with Gasteiger partial charge in [-0.05, 0) is 23.8 Å².